The number of thioether (sulfide) groups is 2. The van der Waals surface area contributed by atoms with Crippen LogP contribution >= 0.6 is 23.5 Å². The molecule has 0 saturated carbocycles. The molecular formula is C30H41NaO13S2. The maximum atomic E-state index is 11.5. The van der Waals surface area contributed by atoms with Gasteiger partial charge in [-0.15, -0.1) is 0 Å². The number of carbonyl (C=O) groups excluding carboxylic acids is 3. The van der Waals surface area contributed by atoms with Crippen LogP contribution in [0, 0.1) is 0 Å². The van der Waals surface area contributed by atoms with Crippen molar-refractivity contribution in [2.75, 3.05) is 27.4 Å². The molecular weight excluding hydrogens is 655 g/mol. The number of hydrogen-bond donors (Lipinski definition) is 4. The summed E-state index contributed by atoms with van der Waals surface area (Å²) in [5.41, 5.74) is -1.15. The van der Waals surface area contributed by atoms with Crippen LogP contribution < -0.4 is 34.7 Å². The zero-order valence-corrected chi connectivity index (χ0v) is 30.2. The third-order valence-electron chi connectivity index (χ3n) is 5.75. The van der Waals surface area contributed by atoms with E-state index >= 15 is 0 Å². The third-order valence-corrected chi connectivity index (χ3v) is 8.12. The van der Waals surface area contributed by atoms with Crippen LogP contribution in [-0.4, -0.2) is 113 Å². The number of esters is 3. The van der Waals surface area contributed by atoms with Gasteiger partial charge in [0.25, 0.3) is 0 Å². The minimum Gasteiger partial charge on any atom is -0.857 e. The van der Waals surface area contributed by atoms with Crippen LogP contribution in [-0.2, 0) is 38.1 Å². The van der Waals surface area contributed by atoms with Crippen molar-refractivity contribution in [2.24, 2.45) is 0 Å². The molecule has 4 rings (SSSR count). The molecule has 0 spiro atoms. The van der Waals surface area contributed by atoms with Crippen molar-refractivity contribution >= 4 is 41.4 Å². The summed E-state index contributed by atoms with van der Waals surface area (Å²) >= 11 is 2.67. The van der Waals surface area contributed by atoms with E-state index in [0.717, 1.165) is 24.0 Å². The molecule has 13 nitrogen and oxygen atoms in total. The number of aliphatic hydroxyl groups excluding tert-OH is 4. The van der Waals surface area contributed by atoms with Crippen molar-refractivity contribution in [1.29, 1.82) is 0 Å². The zero-order valence-electron chi connectivity index (χ0n) is 26.6. The molecule has 0 aromatic heterocycles. The van der Waals surface area contributed by atoms with E-state index in [1.807, 2.05) is 60.7 Å². The van der Waals surface area contributed by atoms with Crippen molar-refractivity contribution in [1.82, 2.24) is 0 Å². The Morgan fingerprint density at radius 1 is 0.674 bits per heavy atom. The Morgan fingerprint density at radius 2 is 1.09 bits per heavy atom. The van der Waals surface area contributed by atoms with Gasteiger partial charge in [0.15, 0.2) is 18.3 Å². The number of rotatable bonds is 7. The predicted octanol–water partition coefficient (Wildman–Crippen LogP) is -2.26. The number of hydrogen-bond acceptors (Lipinski definition) is 15. The van der Waals surface area contributed by atoms with Crippen LogP contribution in [0.5, 0.6) is 0 Å². The van der Waals surface area contributed by atoms with E-state index in [4.69, 9.17) is 33.9 Å². The summed E-state index contributed by atoms with van der Waals surface area (Å²) in [5.74, 6) is -1.65. The fourth-order valence-corrected chi connectivity index (χ4v) is 6.06. The third kappa shape index (κ3) is 15.4. The van der Waals surface area contributed by atoms with Crippen LogP contribution in [0.3, 0.4) is 0 Å². The van der Waals surface area contributed by atoms with Gasteiger partial charge >= 0.3 is 47.5 Å². The average molecular weight is 697 g/mol. The average Bonchev–Trinajstić information content (AvgIpc) is 3.03. The number of ether oxygens (including phenoxy) is 5. The van der Waals surface area contributed by atoms with E-state index in [-0.39, 0.29) is 42.8 Å². The van der Waals surface area contributed by atoms with Crippen molar-refractivity contribution in [3.8, 4) is 0 Å². The van der Waals surface area contributed by atoms with Gasteiger partial charge in [-0.1, -0.05) is 59.9 Å². The monoisotopic (exact) mass is 696 g/mol. The summed E-state index contributed by atoms with van der Waals surface area (Å²) in [5, 5.41) is 43.8. The summed E-state index contributed by atoms with van der Waals surface area (Å²) in [6, 6.07) is 18.9. The van der Waals surface area contributed by atoms with Crippen LogP contribution in [0.25, 0.3) is 0 Å². The van der Waals surface area contributed by atoms with E-state index in [1.165, 1.54) is 44.3 Å². The molecule has 2 aromatic carbocycles. The van der Waals surface area contributed by atoms with Crippen LogP contribution in [0.2, 0.25) is 0 Å². The van der Waals surface area contributed by atoms with Crippen LogP contribution in [0.4, 0.5) is 0 Å². The molecule has 2 aliphatic heterocycles. The second-order valence-corrected chi connectivity index (χ2v) is 11.5. The molecule has 0 amide bonds. The van der Waals surface area contributed by atoms with Gasteiger partial charge in [0.05, 0.1) is 13.2 Å². The van der Waals surface area contributed by atoms with Gasteiger partial charge in [-0.2, -0.15) is 7.11 Å². The summed E-state index contributed by atoms with van der Waals surface area (Å²) in [4.78, 5) is 36.2. The van der Waals surface area contributed by atoms with Crippen molar-refractivity contribution in [3.63, 3.8) is 0 Å². The van der Waals surface area contributed by atoms with Gasteiger partial charge in [-0.05, 0) is 24.3 Å². The van der Waals surface area contributed by atoms with E-state index in [1.54, 1.807) is 0 Å². The van der Waals surface area contributed by atoms with Crippen molar-refractivity contribution in [3.05, 3.63) is 60.7 Å². The molecule has 4 N–H and O–H groups in total. The van der Waals surface area contributed by atoms with E-state index < -0.39 is 65.4 Å². The van der Waals surface area contributed by atoms with E-state index in [9.17, 15) is 29.7 Å². The SMILES string of the molecule is CC(=O)OC1[C@@H](OC(C)=O)[C@H](OC(C)=O)CO[C@H]1Sc1ccccc1.CO.C[O-].OC1[C@@H](O)[C@H](O)CO[C@H]1Sc1ccccc1.[Na+]. The predicted molar refractivity (Wildman–Crippen MR) is 163 cm³/mol. The van der Waals surface area contributed by atoms with Crippen LogP contribution in [0.15, 0.2) is 70.5 Å². The molecule has 2 aromatic rings. The summed E-state index contributed by atoms with van der Waals surface area (Å²) < 4.78 is 26.8. The van der Waals surface area contributed by atoms with E-state index in [0.29, 0.717) is 0 Å². The van der Waals surface area contributed by atoms with Gasteiger partial charge in [0, 0.05) is 37.7 Å². The summed E-state index contributed by atoms with van der Waals surface area (Å²) in [6.07, 6.45) is -5.94. The molecule has 2 fully saturated rings. The van der Waals surface area contributed by atoms with Gasteiger partial charge in [-0.3, -0.25) is 14.4 Å². The fourth-order valence-electron chi connectivity index (χ4n) is 3.96. The first-order valence-electron chi connectivity index (χ1n) is 13.6. The number of aliphatic hydroxyl groups is 4. The molecule has 2 aliphatic rings. The van der Waals surface area contributed by atoms with E-state index in [2.05, 4.69) is 0 Å². The largest absolute Gasteiger partial charge is 1.00 e. The second kappa shape index (κ2) is 24.4. The standard InChI is InChI=1S/C17H20O7S.C11H14O4S.CH4O.CH3O.Na/c1-10(18)22-14-9-21-17(25-13-7-5-4-6-8-13)16(24-12(3)20)15(14)23-11(2)19;12-8-6-15-11(10(14)9(8)13)16-7-4-2-1-3-5-7;2*1-2;/h4-8,14-17H,9H2,1-3H3;1-5,8-14H,6H2;2H,1H3;1H3;/q;;;-1;+1/t14-,15+,16?,17+;8-,9+,10?,11+;;;/m11.../s1. The summed E-state index contributed by atoms with van der Waals surface area (Å²) in [7, 11) is 1.75. The first-order chi connectivity index (χ1) is 21.5. The Morgan fingerprint density at radius 3 is 1.54 bits per heavy atom. The molecule has 8 atom stereocenters. The molecule has 2 heterocycles. The Bertz CT molecular complexity index is 1130. The Hall–Kier alpha value is -1.73. The van der Waals surface area contributed by atoms with Gasteiger partial charge in [-0.25, -0.2) is 0 Å². The first kappa shape index (κ1) is 44.3. The number of carbonyl (C=O) groups is 3. The van der Waals surface area contributed by atoms with Gasteiger partial charge < -0.3 is 49.2 Å². The molecule has 16 heteroatoms. The molecule has 46 heavy (non-hydrogen) atoms. The van der Waals surface area contributed by atoms with Gasteiger partial charge in [0.1, 0.15) is 29.2 Å². The second-order valence-electron chi connectivity index (χ2n) is 9.11. The fraction of sp³-hybridized carbons (Fsp3) is 0.500. The maximum Gasteiger partial charge on any atom is 1.00 e. The number of benzene rings is 2. The smallest absolute Gasteiger partial charge is 0.857 e. The van der Waals surface area contributed by atoms with Crippen LogP contribution in [0.1, 0.15) is 20.8 Å². The summed E-state index contributed by atoms with van der Waals surface area (Å²) in [6.45, 7) is 3.81. The van der Waals surface area contributed by atoms with Gasteiger partial charge in [0.2, 0.25) is 0 Å². The molecule has 252 valence electrons. The quantitative estimate of drug-likeness (QED) is 0.137. The normalized spacial score (nSPS) is 26.4. The first-order valence-corrected chi connectivity index (χ1v) is 15.4. The zero-order chi connectivity index (χ0) is 33.9. The Kier molecular flexibility index (Phi) is 23.5. The molecule has 0 bridgehead atoms. The molecule has 0 radical (unpaired) electrons. The van der Waals surface area contributed by atoms with Crippen molar-refractivity contribution in [2.45, 2.75) is 78.1 Å². The molecule has 0 aliphatic carbocycles. The topological polar surface area (TPSA) is 201 Å². The molecule has 2 unspecified atom stereocenters. The Labute approximate surface area is 299 Å². The van der Waals surface area contributed by atoms with Crippen molar-refractivity contribution < 1.29 is 93.2 Å². The molecule has 2 saturated heterocycles. The minimum absolute atomic E-state index is 0. The minimum atomic E-state index is -1.14. The Balaban J connectivity index is 0.000000833. The maximum absolute atomic E-state index is 11.5.